The van der Waals surface area contributed by atoms with Gasteiger partial charge in [0.05, 0.1) is 10.5 Å². The van der Waals surface area contributed by atoms with Gasteiger partial charge in [0.2, 0.25) is 0 Å². The highest BCUT2D eigenvalue weighted by atomic mass is 16.6. The first-order valence-corrected chi connectivity index (χ1v) is 4.31. The molecule has 0 saturated heterocycles. The predicted octanol–water partition coefficient (Wildman–Crippen LogP) is 1.26. The van der Waals surface area contributed by atoms with Gasteiger partial charge in [0.15, 0.2) is 11.6 Å². The Balaban J connectivity index is 3.20. The summed E-state index contributed by atoms with van der Waals surface area (Å²) in [6.07, 6.45) is 1.96. The minimum absolute atomic E-state index is 0.0295. The lowest BCUT2D eigenvalue weighted by atomic mass is 10.1. The lowest BCUT2D eigenvalue weighted by molar-refractivity contribution is -0.385. The number of nitro groups is 1. The highest BCUT2D eigenvalue weighted by molar-refractivity contribution is 6.18. The zero-order valence-electron chi connectivity index (χ0n) is 8.67. The Kier molecular flexibility index (Phi) is 3.29. The van der Waals surface area contributed by atoms with Crippen LogP contribution in [0.3, 0.4) is 0 Å². The van der Waals surface area contributed by atoms with E-state index in [0.29, 0.717) is 0 Å². The number of nitrogens with zero attached hydrogens (tertiary/aromatic N) is 3. The maximum atomic E-state index is 11.2. The average Bonchev–Trinajstić information content (AvgIpc) is 2.17. The second-order valence-electron chi connectivity index (χ2n) is 3.04. The van der Waals surface area contributed by atoms with E-state index in [1.807, 2.05) is 0 Å². The summed E-state index contributed by atoms with van der Waals surface area (Å²) >= 11 is 0. The van der Waals surface area contributed by atoms with Crippen LogP contribution < -0.4 is 0 Å². The first kappa shape index (κ1) is 11.8. The molecule has 1 aromatic rings. The summed E-state index contributed by atoms with van der Waals surface area (Å²) in [6.45, 7) is 2.57. The summed E-state index contributed by atoms with van der Waals surface area (Å²) in [4.78, 5) is 28.2. The Morgan fingerprint density at radius 2 is 1.88 bits per heavy atom. The number of aromatic nitrogens is 2. The molecular formula is C9H9N3O4. The van der Waals surface area contributed by atoms with E-state index in [4.69, 9.17) is 0 Å². The maximum Gasteiger partial charge on any atom is 0.305 e. The van der Waals surface area contributed by atoms with Gasteiger partial charge in [-0.1, -0.05) is 0 Å². The molecule has 0 aliphatic carbocycles. The number of carbonyl (C=O) groups excluding carboxylic acids is 1. The Morgan fingerprint density at radius 1 is 1.38 bits per heavy atom. The number of rotatable bonds is 3. The topological polar surface area (TPSA) is 106 Å². The van der Waals surface area contributed by atoms with Crippen LogP contribution >= 0.6 is 0 Å². The Bertz CT molecular complexity index is 460. The molecule has 7 nitrogen and oxygen atoms in total. The molecule has 0 aliphatic heterocycles. The lowest BCUT2D eigenvalue weighted by Gasteiger charge is -2.02. The van der Waals surface area contributed by atoms with Crippen LogP contribution in [-0.4, -0.2) is 25.8 Å². The van der Waals surface area contributed by atoms with Crippen LogP contribution in [-0.2, 0) is 4.79 Å². The fraction of sp³-hybridized carbons (Fsp3) is 0.222. The molecule has 0 spiro atoms. The summed E-state index contributed by atoms with van der Waals surface area (Å²) in [5, 5.41) is 19.6. The first-order chi connectivity index (χ1) is 7.43. The predicted molar refractivity (Wildman–Crippen MR) is 54.6 cm³/mol. The highest BCUT2D eigenvalue weighted by Crippen LogP contribution is 2.16. The molecular weight excluding hydrogens is 214 g/mol. The molecule has 1 rings (SSSR count). The Morgan fingerprint density at radius 3 is 2.19 bits per heavy atom. The minimum Gasteiger partial charge on any atom is -0.512 e. The van der Waals surface area contributed by atoms with Gasteiger partial charge in [-0.25, -0.2) is 9.97 Å². The number of hydrogen-bond donors (Lipinski definition) is 1. The van der Waals surface area contributed by atoms with Crippen LogP contribution in [0.5, 0.6) is 0 Å². The van der Waals surface area contributed by atoms with Gasteiger partial charge in [-0.3, -0.25) is 14.9 Å². The van der Waals surface area contributed by atoms with Crippen molar-refractivity contribution >= 4 is 17.0 Å². The zero-order chi connectivity index (χ0) is 12.3. The van der Waals surface area contributed by atoms with E-state index in [0.717, 1.165) is 12.4 Å². The number of ketones is 1. The molecule has 0 amide bonds. The Labute approximate surface area is 90.6 Å². The quantitative estimate of drug-likeness (QED) is 0.358. The van der Waals surface area contributed by atoms with Gasteiger partial charge in [0.25, 0.3) is 0 Å². The Hall–Kier alpha value is -2.31. The third-order valence-electron chi connectivity index (χ3n) is 1.79. The summed E-state index contributed by atoms with van der Waals surface area (Å²) in [5.41, 5.74) is -0.322. The molecule has 1 aromatic heterocycles. The highest BCUT2D eigenvalue weighted by Gasteiger charge is 2.15. The van der Waals surface area contributed by atoms with Gasteiger partial charge in [-0.2, -0.15) is 0 Å². The number of carbonyl (C=O) groups is 1. The van der Waals surface area contributed by atoms with Crippen molar-refractivity contribution in [1.29, 1.82) is 0 Å². The third kappa shape index (κ3) is 2.38. The number of aliphatic hydroxyl groups excluding tert-OH is 1. The molecule has 0 radical (unpaired) electrons. The van der Waals surface area contributed by atoms with Crippen molar-refractivity contribution in [2.75, 3.05) is 0 Å². The van der Waals surface area contributed by atoms with Gasteiger partial charge in [-0.15, -0.1) is 0 Å². The van der Waals surface area contributed by atoms with Crippen LogP contribution in [0.1, 0.15) is 19.7 Å². The minimum atomic E-state index is -0.646. The summed E-state index contributed by atoms with van der Waals surface area (Å²) in [5.74, 6) is -0.659. The van der Waals surface area contributed by atoms with Crippen LogP contribution in [0.15, 0.2) is 18.2 Å². The molecule has 84 valence electrons. The van der Waals surface area contributed by atoms with Crippen molar-refractivity contribution < 1.29 is 14.8 Å². The summed E-state index contributed by atoms with van der Waals surface area (Å²) in [6, 6.07) is 0. The average molecular weight is 223 g/mol. The fourth-order valence-electron chi connectivity index (χ4n) is 1.12. The SMILES string of the molecule is CC(=O)/C(=C(\C)O)c1ncc([N+](=O)[O-])cn1. The van der Waals surface area contributed by atoms with Crippen molar-refractivity contribution in [2.45, 2.75) is 13.8 Å². The molecule has 0 unspecified atom stereocenters. The van der Waals surface area contributed by atoms with Crippen molar-refractivity contribution in [1.82, 2.24) is 9.97 Å². The molecule has 0 saturated carbocycles. The van der Waals surface area contributed by atoms with Gasteiger partial charge in [0.1, 0.15) is 18.2 Å². The van der Waals surface area contributed by atoms with Crippen molar-refractivity contribution in [3.8, 4) is 0 Å². The second kappa shape index (κ2) is 4.47. The molecule has 0 atom stereocenters. The zero-order valence-corrected chi connectivity index (χ0v) is 8.67. The molecule has 0 aromatic carbocycles. The number of hydrogen-bond acceptors (Lipinski definition) is 6. The number of Topliss-reactive ketones (excluding diaryl/α,β-unsaturated/α-hetero) is 1. The molecule has 7 heteroatoms. The number of allylic oxidation sites excluding steroid dienone is 2. The van der Waals surface area contributed by atoms with E-state index in [-0.39, 0.29) is 22.8 Å². The van der Waals surface area contributed by atoms with E-state index in [1.165, 1.54) is 13.8 Å². The molecule has 1 heterocycles. The van der Waals surface area contributed by atoms with E-state index in [2.05, 4.69) is 9.97 Å². The van der Waals surface area contributed by atoms with Gasteiger partial charge in [0, 0.05) is 0 Å². The lowest BCUT2D eigenvalue weighted by Crippen LogP contribution is -2.04. The normalized spacial score (nSPS) is 11.9. The van der Waals surface area contributed by atoms with Crippen LogP contribution in [0.2, 0.25) is 0 Å². The number of aliphatic hydroxyl groups is 1. The fourth-order valence-corrected chi connectivity index (χ4v) is 1.12. The molecule has 0 fully saturated rings. The second-order valence-corrected chi connectivity index (χ2v) is 3.04. The summed E-state index contributed by atoms with van der Waals surface area (Å²) < 4.78 is 0. The van der Waals surface area contributed by atoms with Crippen molar-refractivity contribution in [3.05, 3.63) is 34.1 Å². The third-order valence-corrected chi connectivity index (χ3v) is 1.79. The van der Waals surface area contributed by atoms with Crippen LogP contribution in [0.4, 0.5) is 5.69 Å². The molecule has 0 bridgehead atoms. The van der Waals surface area contributed by atoms with Crippen molar-refractivity contribution in [3.63, 3.8) is 0 Å². The first-order valence-electron chi connectivity index (χ1n) is 4.31. The van der Waals surface area contributed by atoms with E-state index >= 15 is 0 Å². The van der Waals surface area contributed by atoms with Crippen molar-refractivity contribution in [2.24, 2.45) is 0 Å². The van der Waals surface area contributed by atoms with E-state index in [1.54, 1.807) is 0 Å². The van der Waals surface area contributed by atoms with Gasteiger partial charge in [-0.05, 0) is 13.8 Å². The molecule has 0 aliphatic rings. The van der Waals surface area contributed by atoms with E-state index < -0.39 is 10.7 Å². The maximum absolute atomic E-state index is 11.2. The summed E-state index contributed by atoms with van der Waals surface area (Å²) in [7, 11) is 0. The van der Waals surface area contributed by atoms with Gasteiger partial charge >= 0.3 is 5.69 Å². The van der Waals surface area contributed by atoms with Gasteiger partial charge < -0.3 is 5.11 Å². The largest absolute Gasteiger partial charge is 0.512 e. The molecule has 16 heavy (non-hydrogen) atoms. The standard InChI is InChI=1S/C9H9N3O4/c1-5(13)8(6(2)14)9-10-3-7(4-11-9)12(15)16/h3-4,13H,1-2H3/b8-5-. The van der Waals surface area contributed by atoms with E-state index in [9.17, 15) is 20.0 Å². The monoisotopic (exact) mass is 223 g/mol. The van der Waals surface area contributed by atoms with Crippen LogP contribution in [0, 0.1) is 10.1 Å². The molecule has 1 N–H and O–H groups in total. The smallest absolute Gasteiger partial charge is 0.305 e. The van der Waals surface area contributed by atoms with Crippen LogP contribution in [0.25, 0.3) is 5.57 Å².